The molecule has 0 N–H and O–H groups in total. The van der Waals surface area contributed by atoms with Crippen molar-refractivity contribution in [1.29, 1.82) is 0 Å². The first-order valence-corrected chi connectivity index (χ1v) is 8.08. The summed E-state index contributed by atoms with van der Waals surface area (Å²) < 4.78 is 10.7. The normalized spacial score (nSPS) is 17.9. The second kappa shape index (κ2) is 6.89. The molecule has 0 spiro atoms. The third-order valence-electron chi connectivity index (χ3n) is 4.34. The third kappa shape index (κ3) is 2.98. The quantitative estimate of drug-likeness (QED) is 0.856. The number of benzene rings is 1. The van der Waals surface area contributed by atoms with Crippen molar-refractivity contribution in [1.82, 2.24) is 9.80 Å². The molecule has 1 aromatic carbocycles. The Morgan fingerprint density at radius 2 is 1.87 bits per heavy atom. The minimum absolute atomic E-state index is 0.0810. The predicted octanol–water partition coefficient (Wildman–Crippen LogP) is 2.00. The smallest absolute Gasteiger partial charge is 0.264 e. The number of carbonyl (C=O) groups excluding carboxylic acids is 1. The summed E-state index contributed by atoms with van der Waals surface area (Å²) in [6, 6.07) is 5.37. The number of amides is 1. The van der Waals surface area contributed by atoms with Gasteiger partial charge in [-0.1, -0.05) is 6.07 Å². The van der Waals surface area contributed by atoms with Crippen LogP contribution in [0.5, 0.6) is 11.5 Å². The zero-order valence-corrected chi connectivity index (χ0v) is 13.7. The molecule has 2 heterocycles. The number of aliphatic imine (C=N–C) groups is 1. The van der Waals surface area contributed by atoms with Crippen LogP contribution >= 0.6 is 0 Å². The molecule has 0 atom stereocenters. The average molecular weight is 317 g/mol. The summed E-state index contributed by atoms with van der Waals surface area (Å²) in [6.07, 6.45) is 3.56. The molecular weight excluding hydrogens is 294 g/mol. The highest BCUT2D eigenvalue weighted by Crippen LogP contribution is 2.32. The SMILES string of the molecule is COc1cccc(C(=O)N2CCN=C2N2CCCCC2)c1OC. The van der Waals surface area contributed by atoms with Gasteiger partial charge >= 0.3 is 0 Å². The number of piperidine rings is 1. The molecule has 0 aromatic heterocycles. The fraction of sp³-hybridized carbons (Fsp3) is 0.529. The lowest BCUT2D eigenvalue weighted by atomic mass is 10.1. The number of carbonyl (C=O) groups is 1. The predicted molar refractivity (Wildman–Crippen MR) is 88.3 cm³/mol. The summed E-state index contributed by atoms with van der Waals surface area (Å²) in [7, 11) is 3.13. The second-order valence-electron chi connectivity index (χ2n) is 5.73. The number of hydrogen-bond acceptors (Lipinski definition) is 5. The molecule has 2 aliphatic rings. The van der Waals surface area contributed by atoms with E-state index >= 15 is 0 Å². The molecule has 124 valence electrons. The van der Waals surface area contributed by atoms with Crippen molar-refractivity contribution in [2.75, 3.05) is 40.4 Å². The van der Waals surface area contributed by atoms with Crippen molar-refractivity contribution in [3.63, 3.8) is 0 Å². The molecule has 1 saturated heterocycles. The molecule has 0 bridgehead atoms. The van der Waals surface area contributed by atoms with Gasteiger partial charge in [-0.2, -0.15) is 0 Å². The number of ether oxygens (including phenoxy) is 2. The van der Waals surface area contributed by atoms with Crippen LogP contribution in [0, 0.1) is 0 Å². The molecular formula is C17H23N3O3. The van der Waals surface area contributed by atoms with Crippen LogP contribution in [0.2, 0.25) is 0 Å². The number of para-hydroxylation sites is 1. The third-order valence-corrected chi connectivity index (χ3v) is 4.34. The maximum absolute atomic E-state index is 13.0. The number of guanidine groups is 1. The molecule has 23 heavy (non-hydrogen) atoms. The summed E-state index contributed by atoms with van der Waals surface area (Å²) in [6.45, 7) is 3.21. The number of rotatable bonds is 3. The molecule has 1 fully saturated rings. The maximum Gasteiger partial charge on any atom is 0.264 e. The van der Waals surface area contributed by atoms with Crippen LogP contribution in [0.25, 0.3) is 0 Å². The van der Waals surface area contributed by atoms with E-state index < -0.39 is 0 Å². The summed E-state index contributed by atoms with van der Waals surface area (Å²) in [5, 5.41) is 0. The number of likely N-dealkylation sites (tertiary alicyclic amines) is 1. The van der Waals surface area contributed by atoms with Crippen molar-refractivity contribution in [3.8, 4) is 11.5 Å². The number of hydrogen-bond donors (Lipinski definition) is 0. The fourth-order valence-electron chi connectivity index (χ4n) is 3.19. The minimum Gasteiger partial charge on any atom is -0.493 e. The fourth-order valence-corrected chi connectivity index (χ4v) is 3.19. The van der Waals surface area contributed by atoms with Gasteiger partial charge in [-0.3, -0.25) is 14.7 Å². The lowest BCUT2D eigenvalue weighted by molar-refractivity contribution is 0.0837. The first-order valence-electron chi connectivity index (χ1n) is 8.08. The molecule has 1 aromatic rings. The van der Waals surface area contributed by atoms with Crippen molar-refractivity contribution >= 4 is 11.9 Å². The van der Waals surface area contributed by atoms with Gasteiger partial charge in [0.05, 0.1) is 26.3 Å². The maximum atomic E-state index is 13.0. The molecule has 6 heteroatoms. The summed E-state index contributed by atoms with van der Waals surface area (Å²) >= 11 is 0. The van der Waals surface area contributed by atoms with Gasteiger partial charge in [0.25, 0.3) is 5.91 Å². The van der Waals surface area contributed by atoms with E-state index in [9.17, 15) is 4.79 Å². The van der Waals surface area contributed by atoms with Crippen molar-refractivity contribution in [2.24, 2.45) is 4.99 Å². The van der Waals surface area contributed by atoms with E-state index in [1.165, 1.54) is 6.42 Å². The summed E-state index contributed by atoms with van der Waals surface area (Å²) in [5.41, 5.74) is 0.512. The number of nitrogens with zero attached hydrogens (tertiary/aromatic N) is 3. The van der Waals surface area contributed by atoms with E-state index in [-0.39, 0.29) is 5.91 Å². The van der Waals surface area contributed by atoms with E-state index in [0.717, 1.165) is 31.9 Å². The van der Waals surface area contributed by atoms with Crippen LogP contribution in [0.1, 0.15) is 29.6 Å². The Hall–Kier alpha value is -2.24. The Bertz CT molecular complexity index is 609. The van der Waals surface area contributed by atoms with Gasteiger partial charge in [0.1, 0.15) is 0 Å². The van der Waals surface area contributed by atoms with Gasteiger partial charge in [-0.15, -0.1) is 0 Å². The zero-order valence-electron chi connectivity index (χ0n) is 13.7. The van der Waals surface area contributed by atoms with Crippen molar-refractivity contribution < 1.29 is 14.3 Å². The Kier molecular flexibility index (Phi) is 4.69. The first kappa shape index (κ1) is 15.6. The zero-order chi connectivity index (χ0) is 16.2. The van der Waals surface area contributed by atoms with Crippen LogP contribution in [0.15, 0.2) is 23.2 Å². The van der Waals surface area contributed by atoms with Crippen LogP contribution in [0.4, 0.5) is 0 Å². The van der Waals surface area contributed by atoms with Crippen LogP contribution < -0.4 is 9.47 Å². The number of methoxy groups -OCH3 is 2. The lowest BCUT2D eigenvalue weighted by Crippen LogP contribution is -2.47. The minimum atomic E-state index is -0.0810. The van der Waals surface area contributed by atoms with Gasteiger partial charge in [-0.25, -0.2) is 0 Å². The van der Waals surface area contributed by atoms with Gasteiger partial charge < -0.3 is 14.4 Å². The Morgan fingerprint density at radius 3 is 2.57 bits per heavy atom. The second-order valence-corrected chi connectivity index (χ2v) is 5.73. The first-order chi connectivity index (χ1) is 11.3. The molecule has 1 amide bonds. The topological polar surface area (TPSA) is 54.4 Å². The Balaban J connectivity index is 1.86. The highest BCUT2D eigenvalue weighted by atomic mass is 16.5. The molecule has 0 unspecified atom stereocenters. The van der Waals surface area contributed by atoms with E-state index in [0.29, 0.717) is 30.2 Å². The van der Waals surface area contributed by atoms with E-state index in [1.54, 1.807) is 31.3 Å². The van der Waals surface area contributed by atoms with Gasteiger partial charge in [0.2, 0.25) is 5.96 Å². The Labute approximate surface area is 136 Å². The summed E-state index contributed by atoms with van der Waals surface area (Å²) in [5.74, 6) is 1.76. The molecule has 3 rings (SSSR count). The van der Waals surface area contributed by atoms with E-state index in [2.05, 4.69) is 9.89 Å². The highest BCUT2D eigenvalue weighted by molar-refractivity contribution is 6.08. The molecule has 6 nitrogen and oxygen atoms in total. The van der Waals surface area contributed by atoms with Crippen LogP contribution in [-0.4, -0.2) is 62.1 Å². The monoisotopic (exact) mass is 317 g/mol. The van der Waals surface area contributed by atoms with Crippen LogP contribution in [-0.2, 0) is 0 Å². The van der Waals surface area contributed by atoms with Crippen molar-refractivity contribution in [2.45, 2.75) is 19.3 Å². The van der Waals surface area contributed by atoms with Crippen LogP contribution in [0.3, 0.4) is 0 Å². The molecule has 0 aliphatic carbocycles. The van der Waals surface area contributed by atoms with E-state index in [4.69, 9.17) is 9.47 Å². The molecule has 0 radical (unpaired) electrons. The van der Waals surface area contributed by atoms with E-state index in [1.807, 2.05) is 6.07 Å². The highest BCUT2D eigenvalue weighted by Gasteiger charge is 2.31. The Morgan fingerprint density at radius 1 is 1.09 bits per heavy atom. The average Bonchev–Trinajstić information content (AvgIpc) is 3.10. The molecule has 0 saturated carbocycles. The lowest BCUT2D eigenvalue weighted by Gasteiger charge is -2.32. The van der Waals surface area contributed by atoms with Gasteiger partial charge in [0, 0.05) is 19.6 Å². The van der Waals surface area contributed by atoms with Gasteiger partial charge in [0.15, 0.2) is 11.5 Å². The van der Waals surface area contributed by atoms with Gasteiger partial charge in [-0.05, 0) is 31.4 Å². The largest absolute Gasteiger partial charge is 0.493 e. The standard InChI is InChI=1S/C17H23N3O3/c1-22-14-8-6-7-13(15(14)23-2)16(21)20-12-9-18-17(20)19-10-4-3-5-11-19/h6-8H,3-5,9-12H2,1-2H3. The molecule has 2 aliphatic heterocycles. The summed E-state index contributed by atoms with van der Waals surface area (Å²) in [4.78, 5) is 21.6. The van der Waals surface area contributed by atoms with Crippen molar-refractivity contribution in [3.05, 3.63) is 23.8 Å².